The van der Waals surface area contributed by atoms with Crippen LogP contribution >= 0.6 is 0 Å². The maximum atomic E-state index is 12.5. The van der Waals surface area contributed by atoms with Gasteiger partial charge >= 0.3 is 6.18 Å². The summed E-state index contributed by atoms with van der Waals surface area (Å²) < 4.78 is 42.4. The van der Waals surface area contributed by atoms with Crippen molar-refractivity contribution in [3.05, 3.63) is 29.8 Å². The molecule has 1 saturated heterocycles. The Kier molecular flexibility index (Phi) is 7.91. The summed E-state index contributed by atoms with van der Waals surface area (Å²) >= 11 is 0. The molecule has 28 heavy (non-hydrogen) atoms. The zero-order chi connectivity index (χ0) is 20.6. The van der Waals surface area contributed by atoms with E-state index in [0.29, 0.717) is 49.9 Å². The third-order valence-corrected chi connectivity index (χ3v) is 4.29. The van der Waals surface area contributed by atoms with Crippen molar-refractivity contribution in [3.63, 3.8) is 0 Å². The van der Waals surface area contributed by atoms with Crippen LogP contribution in [0.2, 0.25) is 0 Å². The Morgan fingerprint density at radius 2 is 1.93 bits per heavy atom. The summed E-state index contributed by atoms with van der Waals surface area (Å²) in [5, 5.41) is 8.95. The molecule has 0 aliphatic carbocycles. The molecular weight excluding hydrogens is 375 g/mol. The number of amides is 1. The molecule has 10 heteroatoms. The number of nitrogens with one attached hydrogen (secondary N) is 3. The highest BCUT2D eigenvalue weighted by molar-refractivity contribution is 5.94. The summed E-state index contributed by atoms with van der Waals surface area (Å²) in [6.07, 6.45) is -3.57. The zero-order valence-corrected chi connectivity index (χ0v) is 16.0. The predicted molar refractivity (Wildman–Crippen MR) is 101 cm³/mol. The summed E-state index contributed by atoms with van der Waals surface area (Å²) in [4.78, 5) is 17.5. The van der Waals surface area contributed by atoms with Crippen LogP contribution in [-0.2, 0) is 0 Å². The number of alkyl halides is 3. The maximum Gasteiger partial charge on any atom is 0.401 e. The molecule has 0 radical (unpaired) electrons. The number of halogens is 3. The highest BCUT2D eigenvalue weighted by atomic mass is 19.4. The number of aliphatic imine (C=N–C) groups is 1. The second kappa shape index (κ2) is 10.2. The Morgan fingerprint density at radius 3 is 2.54 bits per heavy atom. The maximum absolute atomic E-state index is 12.5. The monoisotopic (exact) mass is 401 g/mol. The van der Waals surface area contributed by atoms with Gasteiger partial charge in [0.25, 0.3) is 5.91 Å². The van der Waals surface area contributed by atoms with Gasteiger partial charge in [-0.1, -0.05) is 0 Å². The number of guanidine groups is 1. The molecule has 3 N–H and O–H groups in total. The molecule has 1 unspecified atom stereocenters. The van der Waals surface area contributed by atoms with Crippen molar-refractivity contribution in [1.29, 1.82) is 0 Å². The van der Waals surface area contributed by atoms with E-state index in [1.165, 1.54) is 4.90 Å². The number of likely N-dealkylation sites (tertiary alicyclic amines) is 1. The third kappa shape index (κ3) is 7.26. The number of carbonyl (C=O) groups excluding carboxylic acids is 1. The lowest BCUT2D eigenvalue weighted by Gasteiger charge is -2.19. The van der Waals surface area contributed by atoms with Crippen LogP contribution in [0, 0.1) is 0 Å². The van der Waals surface area contributed by atoms with Crippen LogP contribution in [0.5, 0.6) is 5.75 Å². The van der Waals surface area contributed by atoms with Crippen molar-refractivity contribution in [3.8, 4) is 5.75 Å². The van der Waals surface area contributed by atoms with Crippen LogP contribution in [-0.4, -0.2) is 75.9 Å². The lowest BCUT2D eigenvalue weighted by molar-refractivity contribution is -0.143. The molecule has 0 spiro atoms. The lowest BCUT2D eigenvalue weighted by Crippen LogP contribution is -2.47. The number of nitrogens with zero attached hydrogens (tertiary/aromatic N) is 2. The Hall–Kier alpha value is -2.49. The first-order chi connectivity index (χ1) is 13.3. The summed E-state index contributed by atoms with van der Waals surface area (Å²) in [6, 6.07) is 6.68. The standard InChI is InChI=1S/C18H26F3N5O2/c1-22-17(25-14-7-10-26(11-14)12-18(19,20)21)24-9-8-23-16(27)13-3-5-15(28-2)6-4-13/h3-6,14H,7-12H2,1-2H3,(H,23,27)(H2,22,24,25). The van der Waals surface area contributed by atoms with Crippen molar-refractivity contribution < 1.29 is 22.7 Å². The molecule has 1 fully saturated rings. The summed E-state index contributed by atoms with van der Waals surface area (Å²) in [5.41, 5.74) is 0.527. The van der Waals surface area contributed by atoms with Gasteiger partial charge in [-0.15, -0.1) is 0 Å². The molecule has 0 bridgehead atoms. The molecule has 1 aliphatic heterocycles. The van der Waals surface area contributed by atoms with Gasteiger partial charge in [0.05, 0.1) is 13.7 Å². The zero-order valence-electron chi connectivity index (χ0n) is 16.0. The summed E-state index contributed by atoms with van der Waals surface area (Å²) in [7, 11) is 3.15. The molecular formula is C18H26F3N5O2. The van der Waals surface area contributed by atoms with Crippen molar-refractivity contribution in [2.75, 3.05) is 46.9 Å². The molecule has 1 amide bonds. The summed E-state index contributed by atoms with van der Waals surface area (Å²) in [5.74, 6) is 0.970. The lowest BCUT2D eigenvalue weighted by atomic mass is 10.2. The van der Waals surface area contributed by atoms with Crippen molar-refractivity contribution in [2.24, 2.45) is 4.99 Å². The van der Waals surface area contributed by atoms with Crippen molar-refractivity contribution >= 4 is 11.9 Å². The minimum absolute atomic E-state index is 0.0950. The van der Waals surface area contributed by atoms with Gasteiger partial charge in [0.2, 0.25) is 0 Å². The average Bonchev–Trinajstić information content (AvgIpc) is 3.09. The Bertz CT molecular complexity index is 664. The SMILES string of the molecule is CN=C(NCCNC(=O)c1ccc(OC)cc1)NC1CCN(CC(F)(F)F)C1. The quantitative estimate of drug-likeness (QED) is 0.364. The molecule has 1 aromatic carbocycles. The van der Waals surface area contributed by atoms with Crippen LogP contribution in [0.3, 0.4) is 0 Å². The third-order valence-electron chi connectivity index (χ3n) is 4.29. The number of carbonyl (C=O) groups is 1. The van der Waals surface area contributed by atoms with Gasteiger partial charge in [0.15, 0.2) is 5.96 Å². The first-order valence-corrected chi connectivity index (χ1v) is 8.99. The number of methoxy groups -OCH3 is 1. The second-order valence-electron chi connectivity index (χ2n) is 6.46. The van der Waals surface area contributed by atoms with Gasteiger partial charge < -0.3 is 20.7 Å². The predicted octanol–water partition coefficient (Wildman–Crippen LogP) is 1.23. The van der Waals surface area contributed by atoms with E-state index in [0.717, 1.165) is 0 Å². The van der Waals surface area contributed by atoms with E-state index >= 15 is 0 Å². The minimum atomic E-state index is -4.18. The fraction of sp³-hybridized carbons (Fsp3) is 0.556. The van der Waals surface area contributed by atoms with E-state index in [4.69, 9.17) is 4.74 Å². The van der Waals surface area contributed by atoms with Gasteiger partial charge in [0.1, 0.15) is 5.75 Å². The summed E-state index contributed by atoms with van der Waals surface area (Å²) in [6.45, 7) is 0.617. The van der Waals surface area contributed by atoms with Crippen LogP contribution in [0.1, 0.15) is 16.8 Å². The van der Waals surface area contributed by atoms with Crippen LogP contribution in [0.4, 0.5) is 13.2 Å². The molecule has 2 rings (SSSR count). The van der Waals surface area contributed by atoms with Gasteiger partial charge in [-0.05, 0) is 30.7 Å². The number of hydrogen-bond donors (Lipinski definition) is 3. The molecule has 7 nitrogen and oxygen atoms in total. The van der Waals surface area contributed by atoms with Crippen molar-refractivity contribution in [2.45, 2.75) is 18.6 Å². The fourth-order valence-corrected chi connectivity index (χ4v) is 2.94. The van der Waals surface area contributed by atoms with E-state index in [9.17, 15) is 18.0 Å². The van der Waals surface area contributed by atoms with E-state index in [2.05, 4.69) is 20.9 Å². The van der Waals surface area contributed by atoms with Gasteiger partial charge in [0, 0.05) is 44.8 Å². The Labute approximate surface area is 162 Å². The Morgan fingerprint density at radius 1 is 1.25 bits per heavy atom. The second-order valence-corrected chi connectivity index (χ2v) is 6.46. The normalized spacial score (nSPS) is 18.0. The highest BCUT2D eigenvalue weighted by Gasteiger charge is 2.34. The first-order valence-electron chi connectivity index (χ1n) is 8.99. The van der Waals surface area contributed by atoms with Crippen molar-refractivity contribution in [1.82, 2.24) is 20.9 Å². The molecule has 1 atom stereocenters. The molecule has 0 saturated carbocycles. The highest BCUT2D eigenvalue weighted by Crippen LogP contribution is 2.19. The van der Waals surface area contributed by atoms with Crippen LogP contribution in [0.25, 0.3) is 0 Å². The fourth-order valence-electron chi connectivity index (χ4n) is 2.94. The molecule has 0 aromatic heterocycles. The van der Waals surface area contributed by atoms with E-state index < -0.39 is 12.7 Å². The smallest absolute Gasteiger partial charge is 0.401 e. The molecule has 1 heterocycles. The van der Waals surface area contributed by atoms with Gasteiger partial charge in [-0.3, -0.25) is 14.7 Å². The van der Waals surface area contributed by atoms with E-state index in [-0.39, 0.29) is 11.9 Å². The van der Waals surface area contributed by atoms with E-state index in [1.54, 1.807) is 38.4 Å². The first kappa shape index (κ1) is 21.8. The number of hydrogen-bond acceptors (Lipinski definition) is 4. The Balaban J connectivity index is 1.67. The number of rotatable bonds is 7. The van der Waals surface area contributed by atoms with Gasteiger partial charge in [-0.25, -0.2) is 0 Å². The average molecular weight is 401 g/mol. The molecule has 156 valence electrons. The number of ether oxygens (including phenoxy) is 1. The van der Waals surface area contributed by atoms with Crippen LogP contribution < -0.4 is 20.7 Å². The van der Waals surface area contributed by atoms with Crippen LogP contribution in [0.15, 0.2) is 29.3 Å². The minimum Gasteiger partial charge on any atom is -0.497 e. The van der Waals surface area contributed by atoms with Gasteiger partial charge in [-0.2, -0.15) is 13.2 Å². The number of benzene rings is 1. The van der Waals surface area contributed by atoms with E-state index in [1.807, 2.05) is 0 Å². The molecule has 1 aliphatic rings. The topological polar surface area (TPSA) is 78.0 Å². The largest absolute Gasteiger partial charge is 0.497 e. The molecule has 1 aromatic rings.